The van der Waals surface area contributed by atoms with E-state index in [9.17, 15) is 0 Å². The van der Waals surface area contributed by atoms with Crippen molar-refractivity contribution in [1.82, 2.24) is 0 Å². The van der Waals surface area contributed by atoms with Gasteiger partial charge in [-0.2, -0.15) is 0 Å². The maximum Gasteiger partial charge on any atom is 0.165 e. The molecule has 0 aliphatic carbocycles. The van der Waals surface area contributed by atoms with E-state index < -0.39 is 0 Å². The quantitative estimate of drug-likeness (QED) is 0.595. The Kier molecular flexibility index (Phi) is 4.11. The monoisotopic (exact) mass is 300 g/mol. The Hall–Kier alpha value is -1.61. The highest BCUT2D eigenvalue weighted by molar-refractivity contribution is 7.99. The molecule has 0 unspecified atom stereocenters. The van der Waals surface area contributed by atoms with Crippen molar-refractivity contribution in [2.75, 3.05) is 12.4 Å². The predicted molar refractivity (Wildman–Crippen MR) is 87.5 cm³/mol. The fraction of sp³-hybridized carbons (Fsp3) is 0.333. The molecule has 21 heavy (non-hydrogen) atoms. The molecule has 0 atom stereocenters. The molecule has 2 aromatic carbocycles. The molecule has 0 N–H and O–H groups in total. The Labute approximate surface area is 130 Å². The maximum absolute atomic E-state index is 6.01. The molecule has 0 spiro atoms. The average Bonchev–Trinajstić information content (AvgIpc) is 2.79. The van der Waals surface area contributed by atoms with Crippen LogP contribution in [-0.4, -0.2) is 18.0 Å². The standard InChI is InChI=1S/C18H20O2S/c1-18(2)13-14-7-6-10-16(17(14)20-18)19-11-12-21-15-8-4-3-5-9-15/h3-10H,11-13H2,1-2H3. The van der Waals surface area contributed by atoms with Crippen LogP contribution in [0.4, 0.5) is 0 Å². The van der Waals surface area contributed by atoms with Gasteiger partial charge in [0.1, 0.15) is 5.60 Å². The van der Waals surface area contributed by atoms with Crippen molar-refractivity contribution in [3.8, 4) is 11.5 Å². The Bertz CT molecular complexity index is 608. The molecule has 0 saturated heterocycles. The highest BCUT2D eigenvalue weighted by Gasteiger charge is 2.32. The lowest BCUT2D eigenvalue weighted by Crippen LogP contribution is -2.24. The van der Waals surface area contributed by atoms with Crippen molar-refractivity contribution in [2.45, 2.75) is 30.8 Å². The predicted octanol–water partition coefficient (Wildman–Crippen LogP) is 4.57. The second kappa shape index (κ2) is 6.02. The second-order valence-electron chi connectivity index (χ2n) is 5.79. The van der Waals surface area contributed by atoms with Crippen molar-refractivity contribution in [3.05, 3.63) is 54.1 Å². The molecule has 1 heterocycles. The highest BCUT2D eigenvalue weighted by atomic mass is 32.2. The van der Waals surface area contributed by atoms with E-state index >= 15 is 0 Å². The lowest BCUT2D eigenvalue weighted by molar-refractivity contribution is 0.132. The molecular formula is C18H20O2S. The number of benzene rings is 2. The van der Waals surface area contributed by atoms with Crippen LogP contribution in [0.1, 0.15) is 19.4 Å². The second-order valence-corrected chi connectivity index (χ2v) is 6.96. The first kappa shape index (κ1) is 14.3. The zero-order valence-electron chi connectivity index (χ0n) is 12.5. The number of thioether (sulfide) groups is 1. The number of para-hydroxylation sites is 1. The van der Waals surface area contributed by atoms with Gasteiger partial charge in [0.15, 0.2) is 11.5 Å². The van der Waals surface area contributed by atoms with E-state index in [0.717, 1.165) is 23.7 Å². The minimum atomic E-state index is -0.124. The molecule has 0 amide bonds. The van der Waals surface area contributed by atoms with Crippen LogP contribution in [0.15, 0.2) is 53.4 Å². The van der Waals surface area contributed by atoms with E-state index in [4.69, 9.17) is 9.47 Å². The van der Waals surface area contributed by atoms with Crippen LogP contribution in [0.3, 0.4) is 0 Å². The van der Waals surface area contributed by atoms with E-state index in [0.29, 0.717) is 6.61 Å². The molecule has 3 heteroatoms. The summed E-state index contributed by atoms with van der Waals surface area (Å²) >= 11 is 1.81. The first-order chi connectivity index (χ1) is 10.1. The summed E-state index contributed by atoms with van der Waals surface area (Å²) in [5, 5.41) is 0. The molecule has 0 fully saturated rings. The molecule has 3 rings (SSSR count). The number of fused-ring (bicyclic) bond motifs is 1. The van der Waals surface area contributed by atoms with E-state index in [2.05, 4.69) is 44.2 Å². The molecule has 2 aromatic rings. The summed E-state index contributed by atoms with van der Waals surface area (Å²) in [5.41, 5.74) is 1.12. The molecule has 0 aromatic heterocycles. The van der Waals surface area contributed by atoms with Crippen LogP contribution in [0.5, 0.6) is 11.5 Å². The summed E-state index contributed by atoms with van der Waals surface area (Å²) in [4.78, 5) is 1.27. The van der Waals surface area contributed by atoms with Gasteiger partial charge in [-0.3, -0.25) is 0 Å². The SMILES string of the molecule is CC1(C)Cc2cccc(OCCSc3ccccc3)c2O1. The number of hydrogen-bond donors (Lipinski definition) is 0. The van der Waals surface area contributed by atoms with Gasteiger partial charge in [-0.1, -0.05) is 30.3 Å². The zero-order chi connectivity index (χ0) is 14.7. The third-order valence-corrected chi connectivity index (χ3v) is 4.38. The third kappa shape index (κ3) is 3.53. The minimum absolute atomic E-state index is 0.124. The molecule has 0 saturated carbocycles. The van der Waals surface area contributed by atoms with Gasteiger partial charge in [0, 0.05) is 22.6 Å². The molecule has 110 valence electrons. The molecular weight excluding hydrogens is 280 g/mol. The summed E-state index contributed by atoms with van der Waals surface area (Å²) in [6.45, 7) is 4.91. The van der Waals surface area contributed by atoms with Gasteiger partial charge in [-0.25, -0.2) is 0 Å². The lowest BCUT2D eigenvalue weighted by Gasteiger charge is -2.18. The van der Waals surface area contributed by atoms with E-state index in [1.807, 2.05) is 18.2 Å². The van der Waals surface area contributed by atoms with E-state index in [1.54, 1.807) is 11.8 Å². The number of hydrogen-bond acceptors (Lipinski definition) is 3. The van der Waals surface area contributed by atoms with Crippen LogP contribution < -0.4 is 9.47 Å². The summed E-state index contributed by atoms with van der Waals surface area (Å²) < 4.78 is 11.9. The molecule has 2 nitrogen and oxygen atoms in total. The largest absolute Gasteiger partial charge is 0.489 e. The van der Waals surface area contributed by atoms with E-state index in [-0.39, 0.29) is 5.60 Å². The van der Waals surface area contributed by atoms with Gasteiger partial charge in [-0.15, -0.1) is 11.8 Å². The van der Waals surface area contributed by atoms with E-state index in [1.165, 1.54) is 10.5 Å². The normalized spacial score (nSPS) is 15.3. The summed E-state index contributed by atoms with van der Waals surface area (Å²) in [7, 11) is 0. The number of ether oxygens (including phenoxy) is 2. The zero-order valence-corrected chi connectivity index (χ0v) is 13.3. The van der Waals surface area contributed by atoms with Gasteiger partial charge >= 0.3 is 0 Å². The minimum Gasteiger partial charge on any atom is -0.489 e. The molecule has 0 radical (unpaired) electrons. The maximum atomic E-state index is 6.01. The van der Waals surface area contributed by atoms with Crippen LogP contribution in [0.25, 0.3) is 0 Å². The van der Waals surface area contributed by atoms with Crippen molar-refractivity contribution >= 4 is 11.8 Å². The van der Waals surface area contributed by atoms with Gasteiger partial charge in [0.25, 0.3) is 0 Å². The van der Waals surface area contributed by atoms with Crippen molar-refractivity contribution in [2.24, 2.45) is 0 Å². The van der Waals surface area contributed by atoms with Crippen molar-refractivity contribution in [1.29, 1.82) is 0 Å². The van der Waals surface area contributed by atoms with Crippen LogP contribution in [-0.2, 0) is 6.42 Å². The van der Waals surface area contributed by atoms with Gasteiger partial charge in [-0.05, 0) is 32.0 Å². The molecule has 1 aliphatic rings. The summed E-state index contributed by atoms with van der Waals surface area (Å²) in [6, 6.07) is 16.6. The number of rotatable bonds is 5. The van der Waals surface area contributed by atoms with Gasteiger partial charge < -0.3 is 9.47 Å². The third-order valence-electron chi connectivity index (χ3n) is 3.41. The van der Waals surface area contributed by atoms with Crippen LogP contribution in [0, 0.1) is 0 Å². The molecule has 1 aliphatic heterocycles. The topological polar surface area (TPSA) is 18.5 Å². The Morgan fingerprint density at radius 1 is 1.10 bits per heavy atom. The first-order valence-electron chi connectivity index (χ1n) is 7.26. The Morgan fingerprint density at radius 3 is 2.71 bits per heavy atom. The average molecular weight is 300 g/mol. The van der Waals surface area contributed by atoms with Gasteiger partial charge in [0.05, 0.1) is 6.61 Å². The Balaban J connectivity index is 1.56. The lowest BCUT2D eigenvalue weighted by atomic mass is 10.0. The highest BCUT2D eigenvalue weighted by Crippen LogP contribution is 2.41. The summed E-state index contributed by atoms with van der Waals surface area (Å²) in [5.74, 6) is 2.72. The molecule has 0 bridgehead atoms. The van der Waals surface area contributed by atoms with Crippen LogP contribution in [0.2, 0.25) is 0 Å². The van der Waals surface area contributed by atoms with Crippen molar-refractivity contribution in [3.63, 3.8) is 0 Å². The first-order valence-corrected chi connectivity index (χ1v) is 8.24. The van der Waals surface area contributed by atoms with Crippen LogP contribution >= 0.6 is 11.8 Å². The fourth-order valence-corrected chi connectivity index (χ4v) is 3.28. The summed E-state index contributed by atoms with van der Waals surface area (Å²) in [6.07, 6.45) is 0.943. The fourth-order valence-electron chi connectivity index (χ4n) is 2.53. The van der Waals surface area contributed by atoms with Crippen molar-refractivity contribution < 1.29 is 9.47 Å². The smallest absolute Gasteiger partial charge is 0.165 e. The van der Waals surface area contributed by atoms with Gasteiger partial charge in [0.2, 0.25) is 0 Å². The Morgan fingerprint density at radius 2 is 1.90 bits per heavy atom.